The van der Waals surface area contributed by atoms with Crippen molar-refractivity contribution in [2.45, 2.75) is 49.6 Å². The minimum absolute atomic E-state index is 0.00811. The van der Waals surface area contributed by atoms with E-state index in [-0.39, 0.29) is 6.10 Å². The van der Waals surface area contributed by atoms with E-state index in [9.17, 15) is 8.42 Å². The largest absolute Gasteiger partial charge is 0.380 e. The van der Waals surface area contributed by atoms with Crippen LogP contribution in [0.25, 0.3) is 11.1 Å². The minimum Gasteiger partial charge on any atom is -0.380 e. The second kappa shape index (κ2) is 9.18. The van der Waals surface area contributed by atoms with Crippen LogP contribution in [0.15, 0.2) is 53.4 Å². The highest BCUT2D eigenvalue weighted by atomic mass is 32.2. The van der Waals surface area contributed by atoms with Crippen LogP contribution in [0.1, 0.15) is 31.7 Å². The molecule has 6 heteroatoms. The summed E-state index contributed by atoms with van der Waals surface area (Å²) in [5, 5.41) is 0. The van der Waals surface area contributed by atoms with E-state index in [0.717, 1.165) is 30.5 Å². The van der Waals surface area contributed by atoms with Crippen molar-refractivity contribution in [1.29, 1.82) is 0 Å². The van der Waals surface area contributed by atoms with E-state index in [2.05, 4.69) is 36.1 Å². The molecule has 2 atom stereocenters. The van der Waals surface area contributed by atoms with Gasteiger partial charge in [0.25, 0.3) is 0 Å². The molecule has 0 N–H and O–H groups in total. The van der Waals surface area contributed by atoms with E-state index in [1.165, 1.54) is 29.3 Å². The Morgan fingerprint density at radius 1 is 0.967 bits per heavy atom. The maximum atomic E-state index is 12.9. The SMILES string of the molecule is COC1CCN(S(=O)(=O)c2ccc(-c3ccc(CCN4CCCC4C)cc3)cc2)C1. The van der Waals surface area contributed by atoms with E-state index in [4.69, 9.17) is 4.74 Å². The fourth-order valence-electron chi connectivity index (χ4n) is 4.54. The molecule has 162 valence electrons. The summed E-state index contributed by atoms with van der Waals surface area (Å²) in [5.74, 6) is 0. The molecule has 0 bridgehead atoms. The van der Waals surface area contributed by atoms with Gasteiger partial charge in [0, 0.05) is 32.8 Å². The van der Waals surface area contributed by atoms with Crippen LogP contribution in [-0.2, 0) is 21.2 Å². The van der Waals surface area contributed by atoms with Crippen LogP contribution < -0.4 is 0 Å². The summed E-state index contributed by atoms with van der Waals surface area (Å²) >= 11 is 0. The van der Waals surface area contributed by atoms with Gasteiger partial charge in [-0.3, -0.25) is 0 Å². The molecule has 2 saturated heterocycles. The maximum absolute atomic E-state index is 12.9. The number of nitrogens with zero attached hydrogens (tertiary/aromatic N) is 2. The van der Waals surface area contributed by atoms with Crippen molar-refractivity contribution in [3.05, 3.63) is 54.1 Å². The number of methoxy groups -OCH3 is 1. The van der Waals surface area contributed by atoms with Crippen LogP contribution in [0.4, 0.5) is 0 Å². The molecule has 0 saturated carbocycles. The molecule has 2 aliphatic rings. The number of hydrogen-bond donors (Lipinski definition) is 0. The molecule has 0 amide bonds. The van der Waals surface area contributed by atoms with Crippen molar-refractivity contribution in [1.82, 2.24) is 9.21 Å². The lowest BCUT2D eigenvalue weighted by Crippen LogP contribution is -2.30. The molecule has 4 rings (SSSR count). The summed E-state index contributed by atoms with van der Waals surface area (Å²) in [6.45, 7) is 5.60. The van der Waals surface area contributed by atoms with E-state index in [1.807, 2.05) is 12.1 Å². The van der Waals surface area contributed by atoms with Crippen molar-refractivity contribution < 1.29 is 13.2 Å². The molecule has 2 aliphatic heterocycles. The summed E-state index contributed by atoms with van der Waals surface area (Å²) in [7, 11) is -1.83. The highest BCUT2D eigenvalue weighted by Crippen LogP contribution is 2.26. The molecule has 0 spiro atoms. The zero-order valence-electron chi connectivity index (χ0n) is 18.0. The first-order valence-corrected chi connectivity index (χ1v) is 12.4. The maximum Gasteiger partial charge on any atom is 0.243 e. The van der Waals surface area contributed by atoms with Crippen LogP contribution in [-0.4, -0.2) is 63.1 Å². The van der Waals surface area contributed by atoms with Gasteiger partial charge in [0.05, 0.1) is 11.0 Å². The summed E-state index contributed by atoms with van der Waals surface area (Å²) < 4.78 is 32.5. The number of likely N-dealkylation sites (tertiary alicyclic amines) is 1. The minimum atomic E-state index is -3.46. The first kappa shape index (κ1) is 21.5. The second-order valence-electron chi connectivity index (χ2n) is 8.51. The Hall–Kier alpha value is -1.73. The Morgan fingerprint density at radius 2 is 1.63 bits per heavy atom. The smallest absolute Gasteiger partial charge is 0.243 e. The number of sulfonamides is 1. The highest BCUT2D eigenvalue weighted by Gasteiger charge is 2.32. The normalized spacial score (nSPS) is 23.3. The van der Waals surface area contributed by atoms with Gasteiger partial charge in [-0.1, -0.05) is 36.4 Å². The molecular formula is C24H32N2O3S. The Labute approximate surface area is 180 Å². The molecule has 2 fully saturated rings. The summed E-state index contributed by atoms with van der Waals surface area (Å²) in [6.07, 6.45) is 4.44. The van der Waals surface area contributed by atoms with Gasteiger partial charge in [0.2, 0.25) is 10.0 Å². The quantitative estimate of drug-likeness (QED) is 0.673. The molecule has 2 aromatic carbocycles. The molecule has 5 nitrogen and oxygen atoms in total. The van der Waals surface area contributed by atoms with Crippen LogP contribution in [0.3, 0.4) is 0 Å². The van der Waals surface area contributed by atoms with Gasteiger partial charge in [0.15, 0.2) is 0 Å². The highest BCUT2D eigenvalue weighted by molar-refractivity contribution is 7.89. The zero-order chi connectivity index (χ0) is 21.1. The van der Waals surface area contributed by atoms with Gasteiger partial charge in [-0.05, 0) is 68.0 Å². The fourth-order valence-corrected chi connectivity index (χ4v) is 6.02. The first-order valence-electron chi connectivity index (χ1n) is 10.9. The third kappa shape index (κ3) is 4.62. The fraction of sp³-hybridized carbons (Fsp3) is 0.500. The third-order valence-electron chi connectivity index (χ3n) is 6.60. The number of hydrogen-bond acceptors (Lipinski definition) is 4. The van der Waals surface area contributed by atoms with Crippen molar-refractivity contribution in [3.8, 4) is 11.1 Å². The van der Waals surface area contributed by atoms with Gasteiger partial charge in [-0.25, -0.2) is 8.42 Å². The van der Waals surface area contributed by atoms with Crippen LogP contribution in [0.5, 0.6) is 0 Å². The van der Waals surface area contributed by atoms with Gasteiger partial charge >= 0.3 is 0 Å². The Balaban J connectivity index is 1.40. The Kier molecular flexibility index (Phi) is 6.58. The van der Waals surface area contributed by atoms with E-state index >= 15 is 0 Å². The second-order valence-corrected chi connectivity index (χ2v) is 10.4. The van der Waals surface area contributed by atoms with Gasteiger partial charge in [-0.2, -0.15) is 4.31 Å². The molecule has 0 radical (unpaired) electrons. The van der Waals surface area contributed by atoms with Gasteiger partial charge in [-0.15, -0.1) is 0 Å². The summed E-state index contributed by atoms with van der Waals surface area (Å²) in [6, 6.07) is 16.6. The number of rotatable bonds is 7. The third-order valence-corrected chi connectivity index (χ3v) is 8.48. The first-order chi connectivity index (χ1) is 14.5. The predicted octanol–water partition coefficient (Wildman–Crippen LogP) is 3.79. The monoisotopic (exact) mass is 428 g/mol. The van der Waals surface area contributed by atoms with Gasteiger partial charge < -0.3 is 9.64 Å². The van der Waals surface area contributed by atoms with E-state index in [0.29, 0.717) is 24.0 Å². The standard InChI is InChI=1S/C24H32N2O3S/c1-19-4-3-15-25(19)16-13-20-5-7-21(8-6-20)22-9-11-24(12-10-22)30(27,28)26-17-14-23(18-26)29-2/h5-12,19,23H,3-4,13-18H2,1-2H3. The lowest BCUT2D eigenvalue weighted by Gasteiger charge is -2.20. The Bertz CT molecular complexity index is 941. The van der Waals surface area contributed by atoms with Crippen molar-refractivity contribution in [2.75, 3.05) is 33.3 Å². The molecule has 0 aromatic heterocycles. The van der Waals surface area contributed by atoms with Gasteiger partial charge in [0.1, 0.15) is 0 Å². The van der Waals surface area contributed by atoms with Crippen LogP contribution in [0.2, 0.25) is 0 Å². The lowest BCUT2D eigenvalue weighted by atomic mass is 10.0. The molecule has 2 aromatic rings. The number of benzene rings is 2. The average molecular weight is 429 g/mol. The van der Waals surface area contributed by atoms with Crippen molar-refractivity contribution in [2.24, 2.45) is 0 Å². The van der Waals surface area contributed by atoms with Crippen molar-refractivity contribution >= 4 is 10.0 Å². The summed E-state index contributed by atoms with van der Waals surface area (Å²) in [5.41, 5.74) is 3.49. The number of ether oxygens (including phenoxy) is 1. The molecule has 0 aliphatic carbocycles. The molecule has 2 unspecified atom stereocenters. The topological polar surface area (TPSA) is 49.9 Å². The Morgan fingerprint density at radius 3 is 2.20 bits per heavy atom. The summed E-state index contributed by atoms with van der Waals surface area (Å²) in [4.78, 5) is 2.92. The molecular weight excluding hydrogens is 396 g/mol. The predicted molar refractivity (Wildman–Crippen MR) is 120 cm³/mol. The van der Waals surface area contributed by atoms with Crippen LogP contribution in [0, 0.1) is 0 Å². The molecule has 2 heterocycles. The lowest BCUT2D eigenvalue weighted by molar-refractivity contribution is 0.115. The van der Waals surface area contributed by atoms with E-state index < -0.39 is 10.0 Å². The van der Waals surface area contributed by atoms with Crippen LogP contribution >= 0.6 is 0 Å². The van der Waals surface area contributed by atoms with E-state index in [1.54, 1.807) is 19.2 Å². The average Bonchev–Trinajstić information content (AvgIpc) is 3.42. The molecule has 30 heavy (non-hydrogen) atoms. The van der Waals surface area contributed by atoms with Crippen molar-refractivity contribution in [3.63, 3.8) is 0 Å². The zero-order valence-corrected chi connectivity index (χ0v) is 18.8.